The Morgan fingerprint density at radius 2 is 1.61 bits per heavy atom. The SMILES string of the molecule is Cc1noc(C)c1S(=O)(=O)N1CCC(CN2CCN(Cc3ccc(I)cc3)CC2)CC1. The predicted octanol–water partition coefficient (Wildman–Crippen LogP) is 3.11. The first kappa shape index (κ1) is 23.2. The molecule has 7 nitrogen and oxygen atoms in total. The molecular formula is C22H31IN4O3S. The summed E-state index contributed by atoms with van der Waals surface area (Å²) in [4.78, 5) is 5.32. The third-order valence-electron chi connectivity index (χ3n) is 6.44. The van der Waals surface area contributed by atoms with Crippen LogP contribution >= 0.6 is 22.6 Å². The summed E-state index contributed by atoms with van der Waals surface area (Å²) in [5, 5.41) is 3.81. The van der Waals surface area contributed by atoms with Gasteiger partial charge in [0.05, 0.1) is 0 Å². The van der Waals surface area contributed by atoms with Gasteiger partial charge in [0.15, 0.2) is 5.76 Å². The second kappa shape index (κ2) is 9.86. The van der Waals surface area contributed by atoms with E-state index in [1.165, 1.54) is 9.13 Å². The molecule has 170 valence electrons. The van der Waals surface area contributed by atoms with E-state index in [9.17, 15) is 8.42 Å². The number of sulfonamides is 1. The molecule has 0 saturated carbocycles. The Hall–Kier alpha value is -1.01. The minimum absolute atomic E-state index is 0.246. The van der Waals surface area contributed by atoms with Crippen molar-refractivity contribution in [3.63, 3.8) is 0 Å². The van der Waals surface area contributed by atoms with E-state index in [4.69, 9.17) is 4.52 Å². The van der Waals surface area contributed by atoms with Crippen LogP contribution in [0.4, 0.5) is 0 Å². The lowest BCUT2D eigenvalue weighted by Crippen LogP contribution is -2.48. The van der Waals surface area contributed by atoms with Crippen molar-refractivity contribution in [2.45, 2.75) is 38.1 Å². The molecule has 0 amide bonds. The van der Waals surface area contributed by atoms with Gasteiger partial charge in [-0.1, -0.05) is 17.3 Å². The Morgan fingerprint density at radius 3 is 2.19 bits per heavy atom. The molecule has 2 saturated heterocycles. The second-order valence-corrected chi connectivity index (χ2v) is 11.8. The monoisotopic (exact) mass is 558 g/mol. The number of halogens is 1. The first-order valence-electron chi connectivity index (χ1n) is 10.9. The topological polar surface area (TPSA) is 69.9 Å². The van der Waals surface area contributed by atoms with E-state index in [-0.39, 0.29) is 4.90 Å². The van der Waals surface area contributed by atoms with Crippen LogP contribution in [0.15, 0.2) is 33.7 Å². The zero-order valence-electron chi connectivity index (χ0n) is 18.3. The summed E-state index contributed by atoms with van der Waals surface area (Å²) >= 11 is 2.34. The number of hydrogen-bond acceptors (Lipinski definition) is 6. The van der Waals surface area contributed by atoms with Gasteiger partial charge in [-0.25, -0.2) is 8.42 Å². The molecule has 0 aliphatic carbocycles. The number of aromatic nitrogens is 1. The van der Waals surface area contributed by atoms with Crippen molar-refractivity contribution in [3.8, 4) is 0 Å². The van der Waals surface area contributed by atoms with E-state index in [0.29, 0.717) is 30.5 Å². The first-order valence-corrected chi connectivity index (χ1v) is 13.5. The molecule has 0 spiro atoms. The van der Waals surface area contributed by atoms with E-state index in [2.05, 4.69) is 61.8 Å². The molecule has 1 aromatic heterocycles. The second-order valence-electron chi connectivity index (χ2n) is 8.70. The molecule has 1 aromatic carbocycles. The lowest BCUT2D eigenvalue weighted by molar-refractivity contribution is 0.102. The van der Waals surface area contributed by atoms with E-state index < -0.39 is 10.0 Å². The van der Waals surface area contributed by atoms with Gasteiger partial charge < -0.3 is 9.42 Å². The fourth-order valence-electron chi connectivity index (χ4n) is 4.65. The zero-order chi connectivity index (χ0) is 22.0. The van der Waals surface area contributed by atoms with Gasteiger partial charge in [0.1, 0.15) is 10.6 Å². The highest BCUT2D eigenvalue weighted by atomic mass is 127. The summed E-state index contributed by atoms with van der Waals surface area (Å²) in [6.07, 6.45) is 1.82. The highest BCUT2D eigenvalue weighted by Gasteiger charge is 2.34. The average molecular weight is 558 g/mol. The van der Waals surface area contributed by atoms with E-state index in [0.717, 1.165) is 52.1 Å². The van der Waals surface area contributed by atoms with Crippen LogP contribution in [-0.4, -0.2) is 73.5 Å². The molecule has 2 aliphatic heterocycles. The summed E-state index contributed by atoms with van der Waals surface area (Å²) in [5.74, 6) is 0.932. The lowest BCUT2D eigenvalue weighted by Gasteiger charge is -2.38. The van der Waals surface area contributed by atoms with Crippen LogP contribution in [0.25, 0.3) is 0 Å². The molecule has 0 radical (unpaired) electrons. The fraction of sp³-hybridized carbons (Fsp3) is 0.591. The molecule has 0 N–H and O–H groups in total. The third-order valence-corrected chi connectivity index (χ3v) is 9.30. The van der Waals surface area contributed by atoms with Crippen molar-refractivity contribution in [2.24, 2.45) is 5.92 Å². The van der Waals surface area contributed by atoms with Gasteiger partial charge in [0.2, 0.25) is 10.0 Å². The van der Waals surface area contributed by atoms with Crippen molar-refractivity contribution < 1.29 is 12.9 Å². The molecule has 0 unspecified atom stereocenters. The number of benzene rings is 1. The van der Waals surface area contributed by atoms with E-state index in [1.807, 2.05) is 0 Å². The fourth-order valence-corrected chi connectivity index (χ4v) is 6.77. The maximum Gasteiger partial charge on any atom is 0.248 e. The Morgan fingerprint density at radius 1 is 1.00 bits per heavy atom. The minimum Gasteiger partial charge on any atom is -0.360 e. The summed E-state index contributed by atoms with van der Waals surface area (Å²) in [6, 6.07) is 8.78. The number of piperazine rings is 1. The van der Waals surface area contributed by atoms with E-state index in [1.54, 1.807) is 18.2 Å². The standard InChI is InChI=1S/C22H31IN4O3S/c1-17-22(18(2)30-24-17)31(28,29)27-9-7-20(8-10-27)16-26-13-11-25(12-14-26)15-19-3-5-21(23)6-4-19/h3-6,20H,7-16H2,1-2H3. The van der Waals surface area contributed by atoms with Gasteiger partial charge in [-0.2, -0.15) is 4.31 Å². The largest absolute Gasteiger partial charge is 0.360 e. The molecule has 9 heteroatoms. The van der Waals surface area contributed by atoms with Gasteiger partial charge in [-0.05, 0) is 72.9 Å². The number of piperidine rings is 1. The molecule has 0 bridgehead atoms. The van der Waals surface area contributed by atoms with Crippen LogP contribution in [0.2, 0.25) is 0 Å². The molecule has 4 rings (SSSR count). The van der Waals surface area contributed by atoms with Gasteiger partial charge in [-0.15, -0.1) is 0 Å². The zero-order valence-corrected chi connectivity index (χ0v) is 21.2. The highest BCUT2D eigenvalue weighted by Crippen LogP contribution is 2.28. The van der Waals surface area contributed by atoms with Crippen LogP contribution in [0, 0.1) is 23.3 Å². The molecular weight excluding hydrogens is 527 g/mol. The Kier molecular flexibility index (Phi) is 7.37. The summed E-state index contributed by atoms with van der Waals surface area (Å²) in [7, 11) is -3.52. The highest BCUT2D eigenvalue weighted by molar-refractivity contribution is 14.1. The number of nitrogens with zero attached hydrogens (tertiary/aromatic N) is 4. The van der Waals surface area contributed by atoms with Gasteiger partial charge >= 0.3 is 0 Å². The minimum atomic E-state index is -3.52. The molecule has 2 aromatic rings. The van der Waals surface area contributed by atoms with Crippen molar-refractivity contribution in [1.29, 1.82) is 0 Å². The molecule has 2 fully saturated rings. The normalized spacial score (nSPS) is 20.4. The summed E-state index contributed by atoms with van der Waals surface area (Å²) < 4.78 is 34.0. The van der Waals surface area contributed by atoms with Gasteiger partial charge in [0, 0.05) is 55.9 Å². The molecule has 0 atom stereocenters. The first-order chi connectivity index (χ1) is 14.8. The Labute approximate surface area is 198 Å². The molecule has 2 aliphatic rings. The van der Waals surface area contributed by atoms with Gasteiger partial charge in [-0.3, -0.25) is 4.90 Å². The molecule has 31 heavy (non-hydrogen) atoms. The lowest BCUT2D eigenvalue weighted by atomic mass is 9.97. The maximum absolute atomic E-state index is 13.0. The summed E-state index contributed by atoms with van der Waals surface area (Å²) in [6.45, 7) is 10.9. The molecule has 3 heterocycles. The Bertz CT molecular complexity index is 957. The van der Waals surface area contributed by atoms with Crippen LogP contribution in [0.1, 0.15) is 29.9 Å². The van der Waals surface area contributed by atoms with Gasteiger partial charge in [0.25, 0.3) is 0 Å². The van der Waals surface area contributed by atoms with Crippen molar-refractivity contribution in [3.05, 3.63) is 44.9 Å². The average Bonchev–Trinajstić information content (AvgIpc) is 3.10. The van der Waals surface area contributed by atoms with Crippen molar-refractivity contribution in [1.82, 2.24) is 19.3 Å². The smallest absolute Gasteiger partial charge is 0.248 e. The van der Waals surface area contributed by atoms with Crippen LogP contribution in [-0.2, 0) is 16.6 Å². The predicted molar refractivity (Wildman–Crippen MR) is 128 cm³/mol. The summed E-state index contributed by atoms with van der Waals surface area (Å²) in [5.41, 5.74) is 1.82. The Balaban J connectivity index is 1.23. The van der Waals surface area contributed by atoms with Crippen molar-refractivity contribution >= 4 is 32.6 Å². The third kappa shape index (κ3) is 5.50. The quantitative estimate of drug-likeness (QED) is 0.508. The van der Waals surface area contributed by atoms with E-state index >= 15 is 0 Å². The number of aryl methyl sites for hydroxylation is 2. The maximum atomic E-state index is 13.0. The van der Waals surface area contributed by atoms with Crippen LogP contribution in [0.3, 0.4) is 0 Å². The van der Waals surface area contributed by atoms with Crippen LogP contribution in [0.5, 0.6) is 0 Å². The number of rotatable bonds is 6. The number of hydrogen-bond donors (Lipinski definition) is 0. The van der Waals surface area contributed by atoms with Crippen molar-refractivity contribution in [2.75, 3.05) is 45.8 Å². The van der Waals surface area contributed by atoms with Crippen LogP contribution < -0.4 is 0 Å².